The summed E-state index contributed by atoms with van der Waals surface area (Å²) in [5.74, 6) is -1.27. The average Bonchev–Trinajstić information content (AvgIpc) is 3.59. The lowest BCUT2D eigenvalue weighted by Gasteiger charge is -2.41. The fraction of sp³-hybridized carbons (Fsp3) is 0.420. The zero-order chi connectivity index (χ0) is 50.9. The van der Waals surface area contributed by atoms with Crippen LogP contribution in [0.4, 0.5) is 46.4 Å². The fourth-order valence-electron chi connectivity index (χ4n) is 8.47. The van der Waals surface area contributed by atoms with Crippen LogP contribution >= 0.6 is 0 Å². The van der Waals surface area contributed by atoms with Gasteiger partial charge in [0.2, 0.25) is 17.8 Å². The van der Waals surface area contributed by atoms with E-state index in [9.17, 15) is 35.6 Å². The minimum absolute atomic E-state index is 0.0252. The van der Waals surface area contributed by atoms with E-state index in [-0.39, 0.29) is 73.0 Å². The van der Waals surface area contributed by atoms with Gasteiger partial charge in [-0.1, -0.05) is 38.1 Å². The van der Waals surface area contributed by atoms with Gasteiger partial charge in [0.25, 0.3) is 0 Å². The normalized spacial score (nSPS) is 17.0. The van der Waals surface area contributed by atoms with E-state index in [1.54, 1.807) is 42.5 Å². The number of ether oxygens (including phenoxy) is 2. The number of halogens is 4. The van der Waals surface area contributed by atoms with Crippen molar-refractivity contribution < 1.29 is 45.0 Å². The van der Waals surface area contributed by atoms with Crippen molar-refractivity contribution in [3.05, 3.63) is 125 Å². The monoisotopic (exact) mass is 1000 g/mol. The quantitative estimate of drug-likeness (QED) is 0.0477. The zero-order valence-electron chi connectivity index (χ0n) is 40.4. The third kappa shape index (κ3) is 14.7. The van der Waals surface area contributed by atoms with Gasteiger partial charge in [-0.3, -0.25) is 19.5 Å². The van der Waals surface area contributed by atoms with Gasteiger partial charge in [0.05, 0.1) is 42.6 Å². The van der Waals surface area contributed by atoms with Crippen LogP contribution in [0.25, 0.3) is 0 Å². The maximum atomic E-state index is 14.1. The number of anilines is 5. The first-order valence-electron chi connectivity index (χ1n) is 23.2. The Hall–Kier alpha value is -6.10. The van der Waals surface area contributed by atoms with Gasteiger partial charge >= 0.3 is 6.18 Å². The standard InChI is InChI=1S/C50H60F4N10O6S/c1-33-28-63(30-45(66)64-32-49(2,3)46-43(64)23-36(25-56-46)21-34-9-11-37(51)12-10-34)40(26-55-33)29-62(4)17-18-69-19-20-70-31-44(65)59-38-13-15-39(16-14-38)60-48-58-27-42(50(52,53)54)47(61-48)57-24-35-7-6-8-41(22-35)71(5,67)68/h6-16,22-23,25,27,33,40,55H,17-21,24,26,28-32H2,1-5H3,(H,59,65)(H2,57,58,60,61)/t33-,40-/m1/s1. The minimum atomic E-state index is -4.76. The molecule has 4 heterocycles. The highest BCUT2D eigenvalue weighted by molar-refractivity contribution is 7.90. The van der Waals surface area contributed by atoms with E-state index in [0.717, 1.165) is 41.9 Å². The maximum absolute atomic E-state index is 14.1. The molecule has 1 saturated heterocycles. The molecule has 21 heteroatoms. The molecule has 0 saturated carbocycles. The Balaban J connectivity index is 0.811. The van der Waals surface area contributed by atoms with Crippen molar-refractivity contribution in [2.24, 2.45) is 0 Å². The Morgan fingerprint density at radius 2 is 1.66 bits per heavy atom. The summed E-state index contributed by atoms with van der Waals surface area (Å²) in [6.07, 6.45) is -0.623. The summed E-state index contributed by atoms with van der Waals surface area (Å²) < 4.78 is 90.2. The van der Waals surface area contributed by atoms with Gasteiger partial charge in [-0.2, -0.15) is 18.2 Å². The highest BCUT2D eigenvalue weighted by Crippen LogP contribution is 2.40. The Bertz CT molecular complexity index is 2750. The molecule has 0 bridgehead atoms. The second kappa shape index (κ2) is 23.0. The van der Waals surface area contributed by atoms with Crippen LogP contribution in [0, 0.1) is 5.82 Å². The number of nitrogens with one attached hydrogen (secondary N) is 4. The van der Waals surface area contributed by atoms with E-state index < -0.39 is 33.3 Å². The van der Waals surface area contributed by atoms with E-state index in [2.05, 4.69) is 61.8 Å². The number of fused-ring (bicyclic) bond motifs is 1. The topological polar surface area (TPSA) is 183 Å². The second-order valence-corrected chi connectivity index (χ2v) is 20.7. The number of nitrogens with zero attached hydrogens (tertiary/aromatic N) is 6. The third-order valence-electron chi connectivity index (χ3n) is 12.1. The van der Waals surface area contributed by atoms with Crippen LogP contribution in [0.5, 0.6) is 0 Å². The van der Waals surface area contributed by atoms with Crippen molar-refractivity contribution in [1.82, 2.24) is 30.1 Å². The van der Waals surface area contributed by atoms with E-state index in [1.165, 1.54) is 30.3 Å². The number of amides is 2. The highest BCUT2D eigenvalue weighted by atomic mass is 32.2. The van der Waals surface area contributed by atoms with Crippen LogP contribution in [0.2, 0.25) is 0 Å². The van der Waals surface area contributed by atoms with Crippen LogP contribution in [0.15, 0.2) is 96.2 Å². The van der Waals surface area contributed by atoms with Crippen molar-refractivity contribution >= 4 is 50.5 Å². The van der Waals surface area contributed by atoms with Gasteiger partial charge in [0, 0.05) is 86.8 Å². The summed E-state index contributed by atoms with van der Waals surface area (Å²) in [4.78, 5) is 45.7. The first-order valence-corrected chi connectivity index (χ1v) is 25.1. The molecule has 0 aliphatic carbocycles. The molecule has 1 fully saturated rings. The van der Waals surface area contributed by atoms with E-state index in [1.807, 2.05) is 24.2 Å². The van der Waals surface area contributed by atoms with Gasteiger partial charge in [0.15, 0.2) is 9.84 Å². The van der Waals surface area contributed by atoms with Crippen LogP contribution in [-0.2, 0) is 53.5 Å². The minimum Gasteiger partial charge on any atom is -0.378 e. The van der Waals surface area contributed by atoms with Gasteiger partial charge in [-0.05, 0) is 91.7 Å². The number of piperazine rings is 1. The molecule has 0 radical (unpaired) electrons. The Kier molecular flexibility index (Phi) is 17.1. The lowest BCUT2D eigenvalue weighted by atomic mass is 9.91. The predicted octanol–water partition coefficient (Wildman–Crippen LogP) is 6.27. The summed E-state index contributed by atoms with van der Waals surface area (Å²) >= 11 is 0. The number of hydrogen-bond donors (Lipinski definition) is 4. The summed E-state index contributed by atoms with van der Waals surface area (Å²) in [6, 6.07) is 21.0. The Morgan fingerprint density at radius 3 is 2.39 bits per heavy atom. The molecule has 2 aromatic heterocycles. The maximum Gasteiger partial charge on any atom is 0.421 e. The molecule has 7 rings (SSSR count). The summed E-state index contributed by atoms with van der Waals surface area (Å²) in [7, 11) is -1.50. The van der Waals surface area contributed by atoms with Crippen molar-refractivity contribution in [3.8, 4) is 0 Å². The molecule has 380 valence electrons. The fourth-order valence-corrected chi connectivity index (χ4v) is 9.17. The lowest BCUT2D eigenvalue weighted by Crippen LogP contribution is -2.60. The van der Waals surface area contributed by atoms with Crippen LogP contribution in [0.1, 0.15) is 48.7 Å². The molecular formula is C50H60F4N10O6S. The molecular weight excluding hydrogens is 945 g/mol. The molecule has 2 aliphatic heterocycles. The van der Waals surface area contributed by atoms with Crippen molar-refractivity contribution in [3.63, 3.8) is 0 Å². The van der Waals surface area contributed by atoms with E-state index in [0.29, 0.717) is 55.8 Å². The molecule has 3 aromatic carbocycles. The molecule has 5 aromatic rings. The number of alkyl halides is 3. The lowest BCUT2D eigenvalue weighted by molar-refractivity contribution is -0.137. The Morgan fingerprint density at radius 1 is 0.930 bits per heavy atom. The number of aromatic nitrogens is 3. The highest BCUT2D eigenvalue weighted by Gasteiger charge is 2.41. The first kappa shape index (κ1) is 52.7. The smallest absolute Gasteiger partial charge is 0.378 e. The van der Waals surface area contributed by atoms with Crippen molar-refractivity contribution in [1.29, 1.82) is 0 Å². The van der Waals surface area contributed by atoms with E-state index >= 15 is 0 Å². The molecule has 4 N–H and O–H groups in total. The molecule has 0 spiro atoms. The number of hydrogen-bond acceptors (Lipinski definition) is 14. The number of sulfone groups is 1. The predicted molar refractivity (Wildman–Crippen MR) is 263 cm³/mol. The van der Waals surface area contributed by atoms with Gasteiger partial charge in [0.1, 0.15) is 23.8 Å². The number of carbonyl (C=O) groups is 2. The van der Waals surface area contributed by atoms with Crippen LogP contribution in [0.3, 0.4) is 0 Å². The number of rotatable bonds is 21. The first-order chi connectivity index (χ1) is 33.7. The van der Waals surface area contributed by atoms with Crippen LogP contribution in [-0.4, -0.2) is 136 Å². The van der Waals surface area contributed by atoms with Gasteiger partial charge in [-0.15, -0.1) is 0 Å². The number of benzene rings is 3. The summed E-state index contributed by atoms with van der Waals surface area (Å²) in [5.41, 5.74) is 3.58. The summed E-state index contributed by atoms with van der Waals surface area (Å²) in [6.45, 7) is 10.5. The summed E-state index contributed by atoms with van der Waals surface area (Å²) in [5, 5.41) is 11.8. The van der Waals surface area contributed by atoms with Gasteiger partial charge in [-0.25, -0.2) is 17.8 Å². The molecule has 0 unspecified atom stereocenters. The largest absolute Gasteiger partial charge is 0.421 e. The molecule has 71 heavy (non-hydrogen) atoms. The van der Waals surface area contributed by atoms with Crippen LogP contribution < -0.4 is 26.2 Å². The number of carbonyl (C=O) groups excluding carboxylic acids is 2. The molecule has 2 atom stereocenters. The average molecular weight is 1010 g/mol. The second-order valence-electron chi connectivity index (χ2n) is 18.7. The molecule has 2 amide bonds. The zero-order valence-corrected chi connectivity index (χ0v) is 41.2. The van der Waals surface area contributed by atoms with Crippen molar-refractivity contribution in [2.75, 3.05) is 99.8 Å². The van der Waals surface area contributed by atoms with E-state index in [4.69, 9.17) is 14.5 Å². The van der Waals surface area contributed by atoms with Crippen molar-refractivity contribution in [2.45, 2.75) is 62.3 Å². The third-order valence-corrected chi connectivity index (χ3v) is 13.3. The Labute approximate surface area is 411 Å². The number of likely N-dealkylation sites (N-methyl/N-ethyl adjacent to an activating group) is 1. The number of pyridine rings is 1. The SMILES string of the molecule is C[C@@H]1CN(CC(=O)N2CC(C)(C)c3ncc(Cc4ccc(F)cc4)cc32)[C@@H](CN(C)CCOCCOCC(=O)Nc2ccc(Nc3ncc(C(F)(F)F)c(NCc4cccc(S(C)(=O)=O)c4)n3)cc2)CN1. The molecule has 2 aliphatic rings. The van der Waals surface area contributed by atoms with Gasteiger partial charge < -0.3 is 40.5 Å². The molecule has 16 nitrogen and oxygen atoms in total.